The summed E-state index contributed by atoms with van der Waals surface area (Å²) in [6.45, 7) is 8.79. The Morgan fingerprint density at radius 2 is 2.44 bits per heavy atom. The Bertz CT molecular complexity index is 315. The molecular weight excluding hydrogens is 196 g/mol. The fourth-order valence-corrected chi connectivity index (χ4v) is 3.44. The van der Waals surface area contributed by atoms with Gasteiger partial charge in [-0.1, -0.05) is 30.7 Å². The van der Waals surface area contributed by atoms with E-state index in [1.807, 2.05) is 6.92 Å². The van der Waals surface area contributed by atoms with E-state index in [1.54, 1.807) is 0 Å². The molecule has 0 aliphatic heterocycles. The van der Waals surface area contributed by atoms with E-state index in [0.29, 0.717) is 5.41 Å². The molecule has 16 heavy (non-hydrogen) atoms. The molecule has 1 N–H and O–H groups in total. The van der Waals surface area contributed by atoms with Crippen molar-refractivity contribution in [2.24, 2.45) is 17.3 Å². The van der Waals surface area contributed by atoms with Crippen LogP contribution in [0.5, 0.6) is 0 Å². The molecule has 2 aliphatic rings. The van der Waals surface area contributed by atoms with E-state index in [4.69, 9.17) is 5.11 Å². The van der Waals surface area contributed by atoms with E-state index < -0.39 is 0 Å². The fraction of sp³-hybridized carbons (Fsp3) is 0.733. The zero-order valence-corrected chi connectivity index (χ0v) is 10.6. The SMILES string of the molecule is C=C1CCC2([C@@H](C)CC/C=C(\C)CO)CC12. The fourth-order valence-electron chi connectivity index (χ4n) is 3.44. The van der Waals surface area contributed by atoms with Gasteiger partial charge in [0.1, 0.15) is 0 Å². The van der Waals surface area contributed by atoms with Crippen molar-refractivity contribution >= 4 is 0 Å². The van der Waals surface area contributed by atoms with Gasteiger partial charge in [0.2, 0.25) is 0 Å². The molecule has 0 amide bonds. The second-order valence-corrected chi connectivity index (χ2v) is 5.84. The smallest absolute Gasteiger partial charge is 0.0639 e. The number of allylic oxidation sites excluding steroid dienone is 2. The van der Waals surface area contributed by atoms with Crippen LogP contribution in [0.4, 0.5) is 0 Å². The molecule has 3 atom stereocenters. The second-order valence-electron chi connectivity index (χ2n) is 5.84. The van der Waals surface area contributed by atoms with E-state index in [2.05, 4.69) is 19.6 Å². The molecule has 1 nitrogen and oxygen atoms in total. The van der Waals surface area contributed by atoms with Crippen molar-refractivity contribution in [1.82, 2.24) is 0 Å². The van der Waals surface area contributed by atoms with Gasteiger partial charge in [0.05, 0.1) is 6.61 Å². The van der Waals surface area contributed by atoms with Crippen LogP contribution in [0.2, 0.25) is 0 Å². The summed E-state index contributed by atoms with van der Waals surface area (Å²) in [4.78, 5) is 0. The number of hydrogen-bond acceptors (Lipinski definition) is 1. The van der Waals surface area contributed by atoms with Crippen LogP contribution in [0.1, 0.15) is 46.0 Å². The molecule has 0 bridgehead atoms. The number of aliphatic hydroxyl groups excluding tert-OH is 1. The summed E-state index contributed by atoms with van der Waals surface area (Å²) < 4.78 is 0. The third-order valence-corrected chi connectivity index (χ3v) is 4.85. The van der Waals surface area contributed by atoms with E-state index in [-0.39, 0.29) is 6.61 Å². The summed E-state index contributed by atoms with van der Waals surface area (Å²) in [6.07, 6.45) is 8.61. The average molecular weight is 220 g/mol. The molecule has 0 aromatic heterocycles. The molecule has 2 unspecified atom stereocenters. The van der Waals surface area contributed by atoms with Gasteiger partial charge >= 0.3 is 0 Å². The topological polar surface area (TPSA) is 20.2 Å². The molecule has 0 aromatic rings. The van der Waals surface area contributed by atoms with E-state index in [0.717, 1.165) is 23.8 Å². The van der Waals surface area contributed by atoms with Crippen molar-refractivity contribution in [3.8, 4) is 0 Å². The number of hydrogen-bond donors (Lipinski definition) is 1. The minimum atomic E-state index is 0.207. The third kappa shape index (κ3) is 1.98. The van der Waals surface area contributed by atoms with Crippen molar-refractivity contribution < 1.29 is 5.11 Å². The Morgan fingerprint density at radius 3 is 2.94 bits per heavy atom. The van der Waals surface area contributed by atoms with Gasteiger partial charge in [0, 0.05) is 0 Å². The molecule has 0 radical (unpaired) electrons. The van der Waals surface area contributed by atoms with Crippen LogP contribution in [0.15, 0.2) is 23.8 Å². The first-order chi connectivity index (χ1) is 7.60. The van der Waals surface area contributed by atoms with Crippen molar-refractivity contribution in [3.05, 3.63) is 23.8 Å². The van der Waals surface area contributed by atoms with Crippen molar-refractivity contribution in [3.63, 3.8) is 0 Å². The van der Waals surface area contributed by atoms with Gasteiger partial charge < -0.3 is 5.11 Å². The standard InChI is InChI=1S/C15H24O/c1-11(10-16)5-4-6-13(3)15-8-7-12(2)14(15)9-15/h5,13-14,16H,2,4,6-10H2,1,3H3/b11-5+/t13-,14?,15?/m0/s1. The van der Waals surface area contributed by atoms with Crippen molar-refractivity contribution in [2.75, 3.05) is 6.61 Å². The van der Waals surface area contributed by atoms with Crippen molar-refractivity contribution in [1.29, 1.82) is 0 Å². The number of aliphatic hydroxyl groups is 1. The maximum Gasteiger partial charge on any atom is 0.0639 e. The first-order valence-corrected chi connectivity index (χ1v) is 6.54. The number of rotatable bonds is 5. The maximum atomic E-state index is 8.93. The first-order valence-electron chi connectivity index (χ1n) is 6.54. The summed E-state index contributed by atoms with van der Waals surface area (Å²) in [5, 5.41) is 8.93. The highest BCUT2D eigenvalue weighted by atomic mass is 16.3. The zero-order valence-electron chi connectivity index (χ0n) is 10.6. The maximum absolute atomic E-state index is 8.93. The largest absolute Gasteiger partial charge is 0.392 e. The molecule has 2 rings (SSSR count). The normalized spacial score (nSPS) is 35.1. The summed E-state index contributed by atoms with van der Waals surface area (Å²) in [5.74, 6) is 1.67. The summed E-state index contributed by atoms with van der Waals surface area (Å²) in [6, 6.07) is 0. The van der Waals surface area contributed by atoms with Gasteiger partial charge in [-0.3, -0.25) is 0 Å². The predicted octanol–water partition coefficient (Wildman–Crippen LogP) is 3.70. The monoisotopic (exact) mass is 220 g/mol. The van der Waals surface area contributed by atoms with Crippen LogP contribution in [0, 0.1) is 17.3 Å². The Morgan fingerprint density at radius 1 is 1.69 bits per heavy atom. The Labute approximate surface area is 99.3 Å². The lowest BCUT2D eigenvalue weighted by molar-refractivity contribution is 0.300. The lowest BCUT2D eigenvalue weighted by Crippen LogP contribution is -2.11. The quantitative estimate of drug-likeness (QED) is 0.700. The molecule has 0 spiro atoms. The Balaban J connectivity index is 1.82. The van der Waals surface area contributed by atoms with Gasteiger partial charge in [-0.2, -0.15) is 0 Å². The predicted molar refractivity (Wildman–Crippen MR) is 68.2 cm³/mol. The van der Waals surface area contributed by atoms with Crippen molar-refractivity contribution in [2.45, 2.75) is 46.0 Å². The van der Waals surface area contributed by atoms with Crippen LogP contribution < -0.4 is 0 Å². The minimum Gasteiger partial charge on any atom is -0.392 e. The highest BCUT2D eigenvalue weighted by Crippen LogP contribution is 2.69. The average Bonchev–Trinajstić information content (AvgIpc) is 2.94. The molecule has 2 fully saturated rings. The molecule has 0 aromatic carbocycles. The van der Waals surface area contributed by atoms with Crippen LogP contribution in [0.3, 0.4) is 0 Å². The van der Waals surface area contributed by atoms with Gasteiger partial charge in [-0.25, -0.2) is 0 Å². The molecule has 0 saturated heterocycles. The molecule has 2 aliphatic carbocycles. The minimum absolute atomic E-state index is 0.207. The van der Waals surface area contributed by atoms with Crippen LogP contribution in [0.25, 0.3) is 0 Å². The van der Waals surface area contributed by atoms with E-state index in [9.17, 15) is 0 Å². The molecular formula is C15H24O. The first kappa shape index (κ1) is 11.9. The molecule has 0 heterocycles. The Kier molecular flexibility index (Phi) is 3.25. The highest BCUT2D eigenvalue weighted by Gasteiger charge is 2.60. The Hall–Kier alpha value is -0.560. The second kappa shape index (κ2) is 4.37. The molecule has 90 valence electrons. The van der Waals surface area contributed by atoms with Gasteiger partial charge in [-0.15, -0.1) is 0 Å². The van der Waals surface area contributed by atoms with Gasteiger partial charge in [-0.05, 0) is 56.3 Å². The van der Waals surface area contributed by atoms with Crippen LogP contribution in [-0.2, 0) is 0 Å². The molecule has 2 saturated carbocycles. The van der Waals surface area contributed by atoms with Gasteiger partial charge in [0.15, 0.2) is 0 Å². The van der Waals surface area contributed by atoms with E-state index in [1.165, 1.54) is 31.3 Å². The summed E-state index contributed by atoms with van der Waals surface area (Å²) >= 11 is 0. The van der Waals surface area contributed by atoms with Gasteiger partial charge in [0.25, 0.3) is 0 Å². The third-order valence-electron chi connectivity index (χ3n) is 4.85. The van der Waals surface area contributed by atoms with Crippen LogP contribution >= 0.6 is 0 Å². The van der Waals surface area contributed by atoms with E-state index >= 15 is 0 Å². The lowest BCUT2D eigenvalue weighted by atomic mass is 9.85. The summed E-state index contributed by atoms with van der Waals surface area (Å²) in [7, 11) is 0. The molecule has 1 heteroatoms. The lowest BCUT2D eigenvalue weighted by Gasteiger charge is -2.20. The summed E-state index contributed by atoms with van der Waals surface area (Å²) in [5.41, 5.74) is 3.25. The number of fused-ring (bicyclic) bond motifs is 1. The zero-order chi connectivity index (χ0) is 11.8. The van der Waals surface area contributed by atoms with Crippen LogP contribution in [-0.4, -0.2) is 11.7 Å². The highest BCUT2D eigenvalue weighted by molar-refractivity contribution is 5.26.